The maximum atomic E-state index is 12.7. The van der Waals surface area contributed by atoms with Gasteiger partial charge in [-0.25, -0.2) is 8.42 Å². The fourth-order valence-corrected chi connectivity index (χ4v) is 6.30. The summed E-state index contributed by atoms with van der Waals surface area (Å²) in [7, 11) is -3.59. The van der Waals surface area contributed by atoms with Crippen molar-refractivity contribution >= 4 is 43.9 Å². The van der Waals surface area contributed by atoms with Crippen molar-refractivity contribution in [2.75, 3.05) is 32.9 Å². The molecule has 0 unspecified atom stereocenters. The molecule has 0 saturated carbocycles. The Labute approximate surface area is 184 Å². The van der Waals surface area contributed by atoms with Crippen LogP contribution >= 0.6 is 11.3 Å². The van der Waals surface area contributed by atoms with Gasteiger partial charge in [0.15, 0.2) is 6.61 Å². The third-order valence-electron chi connectivity index (χ3n) is 4.97. The number of carbonyl (C=O) groups excluding carboxylic acids is 2. The number of Topliss-reactive ketones (excluding diaryl/α,β-unsaturated/α-hetero) is 1. The first kappa shape index (κ1) is 21.6. The van der Waals surface area contributed by atoms with Crippen molar-refractivity contribution < 1.29 is 27.5 Å². The lowest BCUT2D eigenvalue weighted by Crippen LogP contribution is -2.40. The van der Waals surface area contributed by atoms with Crippen molar-refractivity contribution in [2.24, 2.45) is 0 Å². The molecule has 1 aliphatic heterocycles. The SMILES string of the molecule is O=C(Cc1ccc(S(=O)(=O)N2CCOCC2)s1)OCC(=O)c1cccc2ccccc12. The van der Waals surface area contributed by atoms with Gasteiger partial charge in [0.05, 0.1) is 19.6 Å². The molecule has 1 aromatic heterocycles. The number of esters is 1. The van der Waals surface area contributed by atoms with Gasteiger partial charge in [0.2, 0.25) is 5.78 Å². The van der Waals surface area contributed by atoms with E-state index in [-0.39, 0.29) is 23.0 Å². The quantitative estimate of drug-likeness (QED) is 0.399. The fourth-order valence-electron chi connectivity index (χ4n) is 3.39. The van der Waals surface area contributed by atoms with E-state index in [9.17, 15) is 18.0 Å². The molecule has 162 valence electrons. The van der Waals surface area contributed by atoms with E-state index in [4.69, 9.17) is 9.47 Å². The van der Waals surface area contributed by atoms with E-state index in [0.717, 1.165) is 22.1 Å². The summed E-state index contributed by atoms with van der Waals surface area (Å²) in [6, 6.07) is 16.0. The number of morpholine rings is 1. The number of hydrogen-bond acceptors (Lipinski definition) is 7. The Kier molecular flexibility index (Phi) is 6.47. The molecule has 2 aromatic carbocycles. The third-order valence-corrected chi connectivity index (χ3v) is 8.43. The van der Waals surface area contributed by atoms with Gasteiger partial charge in [0.1, 0.15) is 4.21 Å². The first-order chi connectivity index (χ1) is 14.9. The van der Waals surface area contributed by atoms with Crippen LogP contribution in [-0.2, 0) is 30.7 Å². The zero-order chi connectivity index (χ0) is 21.8. The molecule has 1 fully saturated rings. The van der Waals surface area contributed by atoms with Crippen LogP contribution in [-0.4, -0.2) is 57.4 Å². The van der Waals surface area contributed by atoms with Crippen LogP contribution in [0.2, 0.25) is 0 Å². The number of ether oxygens (including phenoxy) is 2. The monoisotopic (exact) mass is 459 g/mol. The van der Waals surface area contributed by atoms with Crippen molar-refractivity contribution in [2.45, 2.75) is 10.6 Å². The normalized spacial score (nSPS) is 15.1. The summed E-state index contributed by atoms with van der Waals surface area (Å²) in [5.41, 5.74) is 0.501. The Bertz CT molecular complexity index is 1210. The Morgan fingerprint density at radius 1 is 1.00 bits per heavy atom. The summed E-state index contributed by atoms with van der Waals surface area (Å²) < 4.78 is 37.3. The van der Waals surface area contributed by atoms with Gasteiger partial charge >= 0.3 is 5.97 Å². The minimum Gasteiger partial charge on any atom is -0.457 e. The highest BCUT2D eigenvalue weighted by Gasteiger charge is 2.28. The van der Waals surface area contributed by atoms with Gasteiger partial charge in [-0.3, -0.25) is 9.59 Å². The van der Waals surface area contributed by atoms with E-state index >= 15 is 0 Å². The molecular formula is C22H21NO6S2. The van der Waals surface area contributed by atoms with Crippen LogP contribution in [0.3, 0.4) is 0 Å². The second-order valence-corrected chi connectivity index (χ2v) is 10.4. The molecule has 3 aromatic rings. The Morgan fingerprint density at radius 3 is 2.55 bits per heavy atom. The van der Waals surface area contributed by atoms with Gasteiger partial charge in [-0.05, 0) is 22.9 Å². The van der Waals surface area contributed by atoms with E-state index < -0.39 is 16.0 Å². The minimum atomic E-state index is -3.59. The number of sulfonamides is 1. The molecule has 1 aliphatic rings. The lowest BCUT2D eigenvalue weighted by Gasteiger charge is -2.25. The summed E-state index contributed by atoms with van der Waals surface area (Å²) in [6.07, 6.45) is -0.0912. The smallest absolute Gasteiger partial charge is 0.311 e. The van der Waals surface area contributed by atoms with Crippen molar-refractivity contribution in [3.63, 3.8) is 0 Å². The van der Waals surface area contributed by atoms with E-state index in [1.54, 1.807) is 18.2 Å². The second kappa shape index (κ2) is 9.27. The predicted molar refractivity (Wildman–Crippen MR) is 117 cm³/mol. The van der Waals surface area contributed by atoms with Gasteiger partial charge in [0.25, 0.3) is 10.0 Å². The maximum absolute atomic E-state index is 12.7. The van der Waals surface area contributed by atoms with Gasteiger partial charge in [-0.15, -0.1) is 11.3 Å². The number of benzene rings is 2. The lowest BCUT2D eigenvalue weighted by atomic mass is 10.0. The second-order valence-electron chi connectivity index (χ2n) is 7.02. The van der Waals surface area contributed by atoms with E-state index in [1.165, 1.54) is 10.4 Å². The van der Waals surface area contributed by atoms with Gasteiger partial charge in [-0.1, -0.05) is 42.5 Å². The van der Waals surface area contributed by atoms with Crippen molar-refractivity contribution in [3.8, 4) is 0 Å². The summed E-state index contributed by atoms with van der Waals surface area (Å²) in [6.45, 7) is 1.00. The minimum absolute atomic E-state index is 0.0912. The summed E-state index contributed by atoms with van der Waals surface area (Å²) in [5.74, 6) is -0.863. The van der Waals surface area contributed by atoms with Gasteiger partial charge in [-0.2, -0.15) is 4.31 Å². The van der Waals surface area contributed by atoms with Crippen LogP contribution < -0.4 is 0 Å². The standard InChI is InChI=1S/C22H21NO6S2/c24-20(19-7-3-5-16-4-1-2-6-18(16)19)15-29-21(25)14-17-8-9-22(30-17)31(26,27)23-10-12-28-13-11-23/h1-9H,10-15H2. The number of ketones is 1. The molecule has 0 aliphatic carbocycles. The topological polar surface area (TPSA) is 90.0 Å². The highest BCUT2D eigenvalue weighted by molar-refractivity contribution is 7.91. The van der Waals surface area contributed by atoms with Crippen LogP contribution in [0.15, 0.2) is 58.8 Å². The van der Waals surface area contributed by atoms with E-state index in [1.807, 2.05) is 30.3 Å². The largest absolute Gasteiger partial charge is 0.457 e. The maximum Gasteiger partial charge on any atom is 0.311 e. The average Bonchev–Trinajstić information content (AvgIpc) is 3.27. The number of rotatable bonds is 7. The van der Waals surface area contributed by atoms with Crippen molar-refractivity contribution in [1.82, 2.24) is 4.31 Å². The molecule has 31 heavy (non-hydrogen) atoms. The van der Waals surface area contributed by atoms with Crippen LogP contribution in [0.4, 0.5) is 0 Å². The summed E-state index contributed by atoms with van der Waals surface area (Å²) >= 11 is 1.04. The van der Waals surface area contributed by atoms with Crippen LogP contribution in [0.1, 0.15) is 15.2 Å². The predicted octanol–water partition coefficient (Wildman–Crippen LogP) is 2.89. The lowest BCUT2D eigenvalue weighted by molar-refractivity contribution is -0.141. The Hall–Kier alpha value is -2.59. The molecule has 0 N–H and O–H groups in total. The first-order valence-corrected chi connectivity index (χ1v) is 12.0. The van der Waals surface area contributed by atoms with Crippen LogP contribution in [0, 0.1) is 0 Å². The number of nitrogens with zero attached hydrogens (tertiary/aromatic N) is 1. The average molecular weight is 460 g/mol. The van der Waals surface area contributed by atoms with Crippen LogP contribution in [0.25, 0.3) is 10.8 Å². The molecule has 0 radical (unpaired) electrons. The first-order valence-electron chi connectivity index (χ1n) is 9.78. The fraction of sp³-hybridized carbons (Fsp3) is 0.273. The van der Waals surface area contributed by atoms with Gasteiger partial charge in [0, 0.05) is 23.5 Å². The van der Waals surface area contributed by atoms with Gasteiger partial charge < -0.3 is 9.47 Å². The molecule has 7 nitrogen and oxygen atoms in total. The van der Waals surface area contributed by atoms with E-state index in [0.29, 0.717) is 36.7 Å². The number of hydrogen-bond donors (Lipinski definition) is 0. The summed E-state index contributed by atoms with van der Waals surface area (Å²) in [4.78, 5) is 25.3. The number of carbonyl (C=O) groups is 2. The molecule has 2 heterocycles. The highest BCUT2D eigenvalue weighted by atomic mass is 32.2. The molecule has 9 heteroatoms. The Balaban J connectivity index is 1.37. The van der Waals surface area contributed by atoms with Crippen molar-refractivity contribution in [1.29, 1.82) is 0 Å². The van der Waals surface area contributed by atoms with Crippen LogP contribution in [0.5, 0.6) is 0 Å². The molecular weight excluding hydrogens is 438 g/mol. The zero-order valence-electron chi connectivity index (χ0n) is 16.7. The highest BCUT2D eigenvalue weighted by Crippen LogP contribution is 2.26. The Morgan fingerprint density at radius 2 is 1.74 bits per heavy atom. The number of thiophene rings is 1. The molecule has 0 bridgehead atoms. The summed E-state index contributed by atoms with van der Waals surface area (Å²) in [5, 5.41) is 1.74. The molecule has 0 amide bonds. The molecule has 1 saturated heterocycles. The zero-order valence-corrected chi connectivity index (χ0v) is 18.3. The van der Waals surface area contributed by atoms with Crippen molar-refractivity contribution in [3.05, 3.63) is 65.0 Å². The van der Waals surface area contributed by atoms with E-state index in [2.05, 4.69) is 0 Å². The number of fused-ring (bicyclic) bond motifs is 1. The molecule has 0 atom stereocenters. The molecule has 4 rings (SSSR count). The third kappa shape index (κ3) is 4.85. The molecule has 0 spiro atoms.